The number of carbonyl (C=O) groups excluding carboxylic acids is 1. The molecule has 104 valence electrons. The topological polar surface area (TPSA) is 38.3 Å². The fraction of sp³-hybridized carbons (Fsp3) is 0.438. The molecule has 0 spiro atoms. The number of nitrogens with one attached hydrogen (secondary N) is 1. The Labute approximate surface area is 115 Å². The third-order valence-electron chi connectivity index (χ3n) is 2.33. The van der Waals surface area contributed by atoms with Crippen molar-refractivity contribution in [1.29, 1.82) is 0 Å². The Balaban J connectivity index is 2.26. The van der Waals surface area contributed by atoms with Crippen molar-refractivity contribution in [3.05, 3.63) is 41.5 Å². The number of alkyl carbamates (subject to hydrolysis) is 1. The first-order valence-corrected chi connectivity index (χ1v) is 6.57. The lowest BCUT2D eigenvalue weighted by molar-refractivity contribution is 0.0529. The molecule has 0 heterocycles. The second-order valence-electron chi connectivity index (χ2n) is 5.53. The van der Waals surface area contributed by atoms with Gasteiger partial charge in [-0.3, -0.25) is 0 Å². The lowest BCUT2D eigenvalue weighted by atomic mass is 10.1. The number of amides is 1. The van der Waals surface area contributed by atoms with Gasteiger partial charge in [-0.25, -0.2) is 4.79 Å². The highest BCUT2D eigenvalue weighted by Gasteiger charge is 2.14. The zero-order chi connectivity index (χ0) is 14.3. The van der Waals surface area contributed by atoms with Gasteiger partial charge in [-0.05, 0) is 39.7 Å². The molecule has 1 rings (SSSR count). The molecule has 0 aliphatic carbocycles. The number of carbonyl (C=O) groups is 1. The fourth-order valence-corrected chi connectivity index (χ4v) is 1.56. The van der Waals surface area contributed by atoms with Gasteiger partial charge in [-0.2, -0.15) is 0 Å². The lowest BCUT2D eigenvalue weighted by Crippen LogP contribution is -2.32. The van der Waals surface area contributed by atoms with Gasteiger partial charge < -0.3 is 10.1 Å². The van der Waals surface area contributed by atoms with Gasteiger partial charge >= 0.3 is 6.09 Å². The van der Waals surface area contributed by atoms with E-state index in [1.807, 2.05) is 32.9 Å². The van der Waals surface area contributed by atoms with E-state index in [4.69, 9.17) is 4.74 Å². The predicted octanol–water partition coefficient (Wildman–Crippen LogP) is 3.92. The smallest absolute Gasteiger partial charge is 0.407 e. The van der Waals surface area contributed by atoms with Crippen molar-refractivity contribution in [2.75, 3.05) is 6.54 Å². The van der Waals surface area contributed by atoms with Gasteiger partial charge in [0.1, 0.15) is 5.60 Å². The van der Waals surface area contributed by atoms with Crippen LogP contribution in [0.2, 0.25) is 0 Å². The van der Waals surface area contributed by atoms with Crippen molar-refractivity contribution in [2.45, 2.75) is 39.7 Å². The van der Waals surface area contributed by atoms with Crippen LogP contribution in [-0.4, -0.2) is 18.2 Å². The third-order valence-corrected chi connectivity index (χ3v) is 2.33. The van der Waals surface area contributed by atoms with Crippen molar-refractivity contribution < 1.29 is 9.53 Å². The van der Waals surface area contributed by atoms with E-state index >= 15 is 0 Å². The first-order chi connectivity index (χ1) is 8.87. The van der Waals surface area contributed by atoms with Crippen LogP contribution in [0, 0.1) is 6.92 Å². The van der Waals surface area contributed by atoms with Crippen LogP contribution in [-0.2, 0) is 4.74 Å². The van der Waals surface area contributed by atoms with E-state index in [0.29, 0.717) is 6.54 Å². The minimum absolute atomic E-state index is 0.364. The molecule has 3 nitrogen and oxygen atoms in total. The van der Waals surface area contributed by atoms with Gasteiger partial charge in [0, 0.05) is 6.54 Å². The van der Waals surface area contributed by atoms with Gasteiger partial charge in [0.2, 0.25) is 0 Å². The Morgan fingerprint density at radius 2 is 2.11 bits per heavy atom. The van der Waals surface area contributed by atoms with Crippen LogP contribution in [0.4, 0.5) is 4.79 Å². The Kier molecular flexibility index (Phi) is 5.61. The summed E-state index contributed by atoms with van der Waals surface area (Å²) in [6.45, 7) is 8.21. The zero-order valence-corrected chi connectivity index (χ0v) is 12.2. The summed E-state index contributed by atoms with van der Waals surface area (Å²) in [7, 11) is 0. The summed E-state index contributed by atoms with van der Waals surface area (Å²) in [5.41, 5.74) is 1.98. The number of ether oxygens (including phenoxy) is 1. The molecule has 0 radical (unpaired) electrons. The SMILES string of the molecule is Cc1cccc(C=CCCNC(=O)OC(C)(C)C)c1. The van der Waals surface area contributed by atoms with Crippen molar-refractivity contribution in [1.82, 2.24) is 5.32 Å². The van der Waals surface area contributed by atoms with Crippen LogP contribution < -0.4 is 5.32 Å². The standard InChI is InChI=1S/C16H23NO2/c1-13-8-7-10-14(12-13)9-5-6-11-17-15(18)19-16(2,3)4/h5,7-10,12H,6,11H2,1-4H3,(H,17,18). The summed E-state index contributed by atoms with van der Waals surface area (Å²) >= 11 is 0. The van der Waals surface area contributed by atoms with Gasteiger partial charge in [-0.15, -0.1) is 0 Å². The second-order valence-corrected chi connectivity index (χ2v) is 5.53. The molecule has 0 unspecified atom stereocenters. The molecule has 3 heteroatoms. The number of rotatable bonds is 4. The molecule has 0 fully saturated rings. The van der Waals surface area contributed by atoms with Crippen LogP contribution in [0.25, 0.3) is 6.08 Å². The summed E-state index contributed by atoms with van der Waals surface area (Å²) in [5, 5.41) is 2.72. The first-order valence-electron chi connectivity index (χ1n) is 6.57. The summed E-state index contributed by atoms with van der Waals surface area (Å²) in [6.07, 6.45) is 4.53. The van der Waals surface area contributed by atoms with E-state index in [2.05, 4.69) is 36.5 Å². The Bertz CT molecular complexity index is 444. The number of hydrogen-bond donors (Lipinski definition) is 1. The highest BCUT2D eigenvalue weighted by Crippen LogP contribution is 2.07. The molecule has 1 amide bonds. The fourth-order valence-electron chi connectivity index (χ4n) is 1.56. The van der Waals surface area contributed by atoms with Crippen LogP contribution >= 0.6 is 0 Å². The number of benzene rings is 1. The molecule has 19 heavy (non-hydrogen) atoms. The first kappa shape index (κ1) is 15.3. The monoisotopic (exact) mass is 261 g/mol. The molecule has 1 aromatic rings. The normalized spacial score (nSPS) is 11.6. The van der Waals surface area contributed by atoms with E-state index in [1.54, 1.807) is 0 Å². The minimum atomic E-state index is -0.443. The third kappa shape index (κ3) is 7.29. The molecule has 0 bridgehead atoms. The maximum absolute atomic E-state index is 11.4. The van der Waals surface area contributed by atoms with Crippen LogP contribution in [0.5, 0.6) is 0 Å². The van der Waals surface area contributed by atoms with E-state index < -0.39 is 5.60 Å². The van der Waals surface area contributed by atoms with Crippen molar-refractivity contribution in [3.8, 4) is 0 Å². The Morgan fingerprint density at radius 3 is 2.74 bits per heavy atom. The van der Waals surface area contributed by atoms with Gasteiger partial charge in [0.25, 0.3) is 0 Å². The molecule has 1 aromatic carbocycles. The number of aryl methyl sites for hydroxylation is 1. The second kappa shape index (κ2) is 6.98. The maximum atomic E-state index is 11.4. The Hall–Kier alpha value is -1.77. The molecule has 0 aliphatic heterocycles. The summed E-state index contributed by atoms with van der Waals surface area (Å²) in [5.74, 6) is 0. The van der Waals surface area contributed by atoms with Gasteiger partial charge in [0.15, 0.2) is 0 Å². The quantitative estimate of drug-likeness (QED) is 0.834. The van der Waals surface area contributed by atoms with Crippen molar-refractivity contribution in [2.24, 2.45) is 0 Å². The largest absolute Gasteiger partial charge is 0.444 e. The van der Waals surface area contributed by atoms with E-state index in [9.17, 15) is 4.79 Å². The average molecular weight is 261 g/mol. The lowest BCUT2D eigenvalue weighted by Gasteiger charge is -2.19. The number of hydrogen-bond acceptors (Lipinski definition) is 2. The summed E-state index contributed by atoms with van der Waals surface area (Å²) < 4.78 is 5.14. The van der Waals surface area contributed by atoms with Crippen LogP contribution in [0.1, 0.15) is 38.3 Å². The van der Waals surface area contributed by atoms with Gasteiger partial charge in [0.05, 0.1) is 0 Å². The maximum Gasteiger partial charge on any atom is 0.407 e. The summed E-state index contributed by atoms with van der Waals surface area (Å²) in [6, 6.07) is 8.29. The Morgan fingerprint density at radius 1 is 1.37 bits per heavy atom. The molecule has 1 N–H and O–H groups in total. The molecular weight excluding hydrogens is 238 g/mol. The van der Waals surface area contributed by atoms with Gasteiger partial charge in [-0.1, -0.05) is 42.0 Å². The van der Waals surface area contributed by atoms with E-state index in [-0.39, 0.29) is 6.09 Å². The van der Waals surface area contributed by atoms with Crippen LogP contribution in [0.3, 0.4) is 0 Å². The van der Waals surface area contributed by atoms with E-state index in [0.717, 1.165) is 6.42 Å². The van der Waals surface area contributed by atoms with Crippen LogP contribution in [0.15, 0.2) is 30.3 Å². The minimum Gasteiger partial charge on any atom is -0.444 e. The van der Waals surface area contributed by atoms with Crippen molar-refractivity contribution in [3.63, 3.8) is 0 Å². The highest BCUT2D eigenvalue weighted by atomic mass is 16.6. The zero-order valence-electron chi connectivity index (χ0n) is 12.2. The molecule has 0 saturated heterocycles. The average Bonchev–Trinajstić information content (AvgIpc) is 2.26. The van der Waals surface area contributed by atoms with E-state index in [1.165, 1.54) is 11.1 Å². The molecule has 0 atom stereocenters. The highest BCUT2D eigenvalue weighted by molar-refractivity contribution is 5.67. The molecular formula is C16H23NO2. The predicted molar refractivity (Wildman–Crippen MR) is 79.1 cm³/mol. The molecule has 0 aromatic heterocycles. The van der Waals surface area contributed by atoms with Crippen molar-refractivity contribution >= 4 is 12.2 Å². The molecule has 0 aliphatic rings. The summed E-state index contributed by atoms with van der Waals surface area (Å²) in [4.78, 5) is 11.4. The molecule has 0 saturated carbocycles.